The summed E-state index contributed by atoms with van der Waals surface area (Å²) in [5.74, 6) is 1.76. The third-order valence-electron chi connectivity index (χ3n) is 4.49. The van der Waals surface area contributed by atoms with Gasteiger partial charge in [-0.3, -0.25) is 9.98 Å². The topological polar surface area (TPSA) is 74.4 Å². The van der Waals surface area contributed by atoms with Crippen LogP contribution in [0.2, 0.25) is 0 Å². The van der Waals surface area contributed by atoms with E-state index in [0.717, 1.165) is 11.4 Å². The molecule has 2 N–H and O–H groups in total. The molecule has 0 saturated heterocycles. The van der Waals surface area contributed by atoms with Crippen molar-refractivity contribution in [3.05, 3.63) is 108 Å². The standard InChI is InChI=1S/C26H20N2O3.Zn/c29-25-7-3-1-5-19(25)17-27-21-9-13-23(14-10-21)31-24-15-11-22(12-16-24)28-18-20-6-2-4-8-26(20)30;/h1-18,29-30H;. The Kier molecular flexibility index (Phi) is 7.90. The number of benzene rings is 4. The maximum atomic E-state index is 9.79. The van der Waals surface area contributed by atoms with Crippen LogP contribution in [0.5, 0.6) is 23.0 Å². The van der Waals surface area contributed by atoms with Gasteiger partial charge in [0.2, 0.25) is 0 Å². The number of nitrogens with zero attached hydrogens (tertiary/aromatic N) is 2. The molecule has 0 spiro atoms. The second kappa shape index (κ2) is 11.0. The van der Waals surface area contributed by atoms with E-state index >= 15 is 0 Å². The minimum atomic E-state index is 0. The van der Waals surface area contributed by atoms with Gasteiger partial charge in [0, 0.05) is 43.0 Å². The zero-order chi connectivity index (χ0) is 21.5. The van der Waals surface area contributed by atoms with Crippen molar-refractivity contribution >= 4 is 23.8 Å². The summed E-state index contributed by atoms with van der Waals surface area (Å²) in [6.07, 6.45) is 3.25. The average molecular weight is 474 g/mol. The predicted octanol–water partition coefficient (Wildman–Crippen LogP) is 6.39. The van der Waals surface area contributed by atoms with Crippen LogP contribution in [0.15, 0.2) is 107 Å². The number of aliphatic imine (C=N–C) groups is 2. The zero-order valence-electron chi connectivity index (χ0n) is 17.3. The molecule has 0 amide bonds. The van der Waals surface area contributed by atoms with Crippen molar-refractivity contribution in [2.24, 2.45) is 9.98 Å². The van der Waals surface area contributed by atoms with Crippen molar-refractivity contribution in [3.63, 3.8) is 0 Å². The maximum Gasteiger partial charge on any atom is 0.127 e. The van der Waals surface area contributed by atoms with Crippen LogP contribution in [-0.2, 0) is 19.5 Å². The fraction of sp³-hybridized carbons (Fsp3) is 0. The Labute approximate surface area is 199 Å². The van der Waals surface area contributed by atoms with Crippen LogP contribution < -0.4 is 4.74 Å². The van der Waals surface area contributed by atoms with Gasteiger partial charge in [-0.15, -0.1) is 0 Å². The van der Waals surface area contributed by atoms with Crippen molar-refractivity contribution in [1.29, 1.82) is 0 Å². The van der Waals surface area contributed by atoms with E-state index in [4.69, 9.17) is 4.74 Å². The molecule has 0 atom stereocenters. The second-order valence-corrected chi connectivity index (χ2v) is 6.72. The van der Waals surface area contributed by atoms with Gasteiger partial charge in [0.05, 0.1) is 11.4 Å². The largest absolute Gasteiger partial charge is 0.507 e. The molecule has 32 heavy (non-hydrogen) atoms. The molecule has 4 aromatic rings. The number of hydrogen-bond donors (Lipinski definition) is 2. The molecule has 154 valence electrons. The van der Waals surface area contributed by atoms with Gasteiger partial charge in [0.15, 0.2) is 0 Å². The van der Waals surface area contributed by atoms with Gasteiger partial charge in [0.1, 0.15) is 23.0 Å². The molecule has 0 aromatic heterocycles. The molecule has 0 heterocycles. The number of aromatic hydroxyl groups is 2. The third-order valence-corrected chi connectivity index (χ3v) is 4.49. The van der Waals surface area contributed by atoms with Gasteiger partial charge in [-0.1, -0.05) is 24.3 Å². The first-order valence-corrected chi connectivity index (χ1v) is 9.69. The fourth-order valence-corrected chi connectivity index (χ4v) is 2.82. The van der Waals surface area contributed by atoms with Crippen LogP contribution in [0.1, 0.15) is 11.1 Å². The van der Waals surface area contributed by atoms with E-state index < -0.39 is 0 Å². The van der Waals surface area contributed by atoms with Gasteiger partial charge < -0.3 is 14.9 Å². The van der Waals surface area contributed by atoms with E-state index in [2.05, 4.69) is 9.98 Å². The van der Waals surface area contributed by atoms with Crippen LogP contribution in [0.25, 0.3) is 0 Å². The van der Waals surface area contributed by atoms with E-state index in [0.29, 0.717) is 22.6 Å². The minimum Gasteiger partial charge on any atom is -0.507 e. The first kappa shape index (κ1) is 22.9. The first-order valence-electron chi connectivity index (χ1n) is 9.69. The molecular weight excluding hydrogens is 454 g/mol. The molecule has 0 unspecified atom stereocenters. The molecule has 4 rings (SSSR count). The smallest absolute Gasteiger partial charge is 0.127 e. The molecule has 0 bridgehead atoms. The molecule has 0 radical (unpaired) electrons. The molecule has 0 aliphatic rings. The molecule has 0 fully saturated rings. The minimum absolute atomic E-state index is 0. The van der Waals surface area contributed by atoms with Gasteiger partial charge >= 0.3 is 0 Å². The molecule has 0 saturated carbocycles. The SMILES string of the molecule is Oc1ccccc1C=Nc1ccc(Oc2ccc(N=Cc3ccccc3O)cc2)cc1.[Zn]. The Bertz CT molecular complexity index is 1120. The Hall–Kier alpha value is -3.76. The molecule has 0 aliphatic carbocycles. The summed E-state index contributed by atoms with van der Waals surface area (Å²) >= 11 is 0. The van der Waals surface area contributed by atoms with Crippen LogP contribution in [0.4, 0.5) is 11.4 Å². The number of rotatable bonds is 6. The average Bonchev–Trinajstić information content (AvgIpc) is 2.80. The van der Waals surface area contributed by atoms with Crippen molar-refractivity contribution < 1.29 is 34.4 Å². The van der Waals surface area contributed by atoms with E-state index in [9.17, 15) is 10.2 Å². The van der Waals surface area contributed by atoms with Gasteiger partial charge in [0.25, 0.3) is 0 Å². The summed E-state index contributed by atoms with van der Waals surface area (Å²) in [5, 5.41) is 19.6. The zero-order valence-corrected chi connectivity index (χ0v) is 20.3. The Morgan fingerprint density at radius 1 is 0.531 bits per heavy atom. The number of phenols is 2. The fourth-order valence-electron chi connectivity index (χ4n) is 2.82. The quantitative estimate of drug-likeness (QED) is 0.252. The van der Waals surface area contributed by atoms with Gasteiger partial charge in [-0.25, -0.2) is 0 Å². The second-order valence-electron chi connectivity index (χ2n) is 6.72. The maximum absolute atomic E-state index is 9.79. The van der Waals surface area contributed by atoms with E-state index in [1.807, 2.05) is 60.7 Å². The molecule has 5 nitrogen and oxygen atoms in total. The molecular formula is C26H20N2O3Zn. The monoisotopic (exact) mass is 472 g/mol. The number of hydrogen-bond acceptors (Lipinski definition) is 5. The molecule has 6 heteroatoms. The number of ether oxygens (including phenoxy) is 1. The Balaban J connectivity index is 0.00000289. The van der Waals surface area contributed by atoms with Crippen molar-refractivity contribution in [3.8, 4) is 23.0 Å². The third kappa shape index (κ3) is 6.13. The summed E-state index contributed by atoms with van der Waals surface area (Å²) in [6.45, 7) is 0. The van der Waals surface area contributed by atoms with E-state index in [-0.39, 0.29) is 31.0 Å². The predicted molar refractivity (Wildman–Crippen MR) is 124 cm³/mol. The Morgan fingerprint density at radius 2 is 0.906 bits per heavy atom. The molecule has 0 aliphatic heterocycles. The summed E-state index contributed by atoms with van der Waals surface area (Å²) in [6, 6.07) is 28.8. The van der Waals surface area contributed by atoms with E-state index in [1.54, 1.807) is 48.8 Å². The van der Waals surface area contributed by atoms with Crippen molar-refractivity contribution in [2.75, 3.05) is 0 Å². The molecule has 4 aromatic carbocycles. The van der Waals surface area contributed by atoms with Gasteiger partial charge in [-0.05, 0) is 72.8 Å². The summed E-state index contributed by atoms with van der Waals surface area (Å²) < 4.78 is 5.87. The van der Waals surface area contributed by atoms with Gasteiger partial charge in [-0.2, -0.15) is 0 Å². The van der Waals surface area contributed by atoms with Crippen LogP contribution in [-0.4, -0.2) is 22.6 Å². The number of phenolic OH excluding ortho intramolecular Hbond substituents is 2. The summed E-state index contributed by atoms with van der Waals surface area (Å²) in [5.41, 5.74) is 2.83. The normalized spacial score (nSPS) is 10.9. The van der Waals surface area contributed by atoms with Crippen LogP contribution in [0.3, 0.4) is 0 Å². The first-order chi connectivity index (χ1) is 15.2. The summed E-state index contributed by atoms with van der Waals surface area (Å²) in [4.78, 5) is 8.75. The Morgan fingerprint density at radius 3 is 1.28 bits per heavy atom. The number of para-hydroxylation sites is 2. The van der Waals surface area contributed by atoms with Crippen LogP contribution >= 0.6 is 0 Å². The van der Waals surface area contributed by atoms with Crippen molar-refractivity contribution in [2.45, 2.75) is 0 Å². The van der Waals surface area contributed by atoms with Crippen LogP contribution in [0, 0.1) is 0 Å². The van der Waals surface area contributed by atoms with Crippen molar-refractivity contribution in [1.82, 2.24) is 0 Å². The van der Waals surface area contributed by atoms with E-state index in [1.165, 1.54) is 0 Å². The summed E-state index contributed by atoms with van der Waals surface area (Å²) in [7, 11) is 0.